The number of carbonyl (C=O) groups is 1. The van der Waals surface area contributed by atoms with Crippen LogP contribution in [0.2, 0.25) is 0 Å². The largest absolute Gasteiger partial charge is 0.337 e. The number of amides is 1. The molecule has 118 valence electrons. The first kappa shape index (κ1) is 14.5. The molecule has 0 aliphatic carbocycles. The number of carbonyl (C=O) groups excluding carboxylic acids is 1. The second-order valence-electron chi connectivity index (χ2n) is 6.62. The second-order valence-corrected chi connectivity index (χ2v) is 6.62. The topological polar surface area (TPSA) is 32.3 Å². The Morgan fingerprint density at radius 2 is 1.74 bits per heavy atom. The zero-order valence-electron chi connectivity index (χ0n) is 13.5. The van der Waals surface area contributed by atoms with Gasteiger partial charge in [0, 0.05) is 25.7 Å². The monoisotopic (exact) mass is 306 g/mol. The van der Waals surface area contributed by atoms with Gasteiger partial charge in [0.1, 0.15) is 0 Å². The van der Waals surface area contributed by atoms with Crippen LogP contribution in [0.5, 0.6) is 0 Å². The molecule has 2 aliphatic rings. The molecule has 3 heteroatoms. The third-order valence-corrected chi connectivity index (χ3v) is 5.21. The molecule has 4 rings (SSSR count). The molecule has 0 bridgehead atoms. The van der Waals surface area contributed by atoms with Gasteiger partial charge >= 0.3 is 0 Å². The molecule has 2 aromatic rings. The van der Waals surface area contributed by atoms with Gasteiger partial charge in [0.2, 0.25) is 5.91 Å². The molecule has 0 saturated heterocycles. The summed E-state index contributed by atoms with van der Waals surface area (Å²) in [6.45, 7) is 4.53. The molecular weight excluding hydrogens is 284 g/mol. The van der Waals surface area contributed by atoms with Crippen LogP contribution in [0.15, 0.2) is 48.5 Å². The fourth-order valence-corrected chi connectivity index (χ4v) is 3.88. The standard InChI is InChI=1S/C20H22N2O/c1-14-19(18-9-5-4-7-16(18)12-21-14)20(23)22-11-10-15-6-2-3-8-17(15)13-22/h2-9,14,19,21H,10-13H2,1H3. The summed E-state index contributed by atoms with van der Waals surface area (Å²) in [4.78, 5) is 15.3. The smallest absolute Gasteiger partial charge is 0.232 e. The molecule has 0 spiro atoms. The molecule has 0 radical (unpaired) electrons. The molecule has 3 nitrogen and oxygen atoms in total. The Morgan fingerprint density at radius 1 is 1.04 bits per heavy atom. The van der Waals surface area contributed by atoms with E-state index in [1.807, 2.05) is 11.0 Å². The highest BCUT2D eigenvalue weighted by atomic mass is 16.2. The van der Waals surface area contributed by atoms with E-state index in [0.29, 0.717) is 0 Å². The van der Waals surface area contributed by atoms with Crippen LogP contribution in [0.3, 0.4) is 0 Å². The maximum Gasteiger partial charge on any atom is 0.232 e. The van der Waals surface area contributed by atoms with E-state index in [1.54, 1.807) is 0 Å². The Labute approximate surface area is 137 Å². The highest BCUT2D eigenvalue weighted by Gasteiger charge is 2.35. The van der Waals surface area contributed by atoms with Gasteiger partial charge in [-0.05, 0) is 35.6 Å². The average molecular weight is 306 g/mol. The van der Waals surface area contributed by atoms with Crippen LogP contribution in [0.4, 0.5) is 0 Å². The molecule has 0 fully saturated rings. The Kier molecular flexibility index (Phi) is 3.66. The summed E-state index contributed by atoms with van der Waals surface area (Å²) in [5.74, 6) is 0.178. The van der Waals surface area contributed by atoms with Gasteiger partial charge < -0.3 is 10.2 Å². The van der Waals surface area contributed by atoms with Gasteiger partial charge in [0.15, 0.2) is 0 Å². The molecule has 1 N–H and O–H groups in total. The van der Waals surface area contributed by atoms with Crippen molar-refractivity contribution in [2.45, 2.75) is 38.4 Å². The Bertz CT molecular complexity index is 740. The molecule has 0 saturated carbocycles. The van der Waals surface area contributed by atoms with Gasteiger partial charge in [-0.2, -0.15) is 0 Å². The number of nitrogens with zero attached hydrogens (tertiary/aromatic N) is 1. The predicted octanol–water partition coefficient (Wildman–Crippen LogP) is 2.85. The lowest BCUT2D eigenvalue weighted by Gasteiger charge is -2.37. The van der Waals surface area contributed by atoms with E-state index in [0.717, 1.165) is 26.1 Å². The molecule has 2 heterocycles. The number of benzene rings is 2. The summed E-state index contributed by atoms with van der Waals surface area (Å²) in [5, 5.41) is 3.48. The second kappa shape index (κ2) is 5.82. The van der Waals surface area contributed by atoms with Gasteiger partial charge in [-0.15, -0.1) is 0 Å². The summed E-state index contributed by atoms with van der Waals surface area (Å²) in [6.07, 6.45) is 0.956. The Morgan fingerprint density at radius 3 is 2.57 bits per heavy atom. The number of rotatable bonds is 1. The van der Waals surface area contributed by atoms with Crippen LogP contribution in [0.25, 0.3) is 0 Å². The molecule has 1 amide bonds. The highest BCUT2D eigenvalue weighted by molar-refractivity contribution is 5.85. The van der Waals surface area contributed by atoms with Crippen LogP contribution in [0.1, 0.15) is 35.1 Å². The van der Waals surface area contributed by atoms with Crippen molar-refractivity contribution in [2.75, 3.05) is 6.54 Å². The quantitative estimate of drug-likeness (QED) is 0.878. The lowest BCUT2D eigenvalue weighted by atomic mass is 9.84. The van der Waals surface area contributed by atoms with E-state index in [-0.39, 0.29) is 17.9 Å². The third kappa shape index (κ3) is 2.55. The summed E-state index contributed by atoms with van der Waals surface area (Å²) in [6, 6.07) is 17.0. The van der Waals surface area contributed by atoms with Crippen molar-refractivity contribution in [2.24, 2.45) is 0 Å². The van der Waals surface area contributed by atoms with Crippen LogP contribution in [-0.4, -0.2) is 23.4 Å². The first-order chi connectivity index (χ1) is 11.2. The van der Waals surface area contributed by atoms with Crippen molar-refractivity contribution in [3.8, 4) is 0 Å². The average Bonchev–Trinajstić information content (AvgIpc) is 2.60. The molecular formula is C20H22N2O. The highest BCUT2D eigenvalue weighted by Crippen LogP contribution is 2.31. The summed E-state index contributed by atoms with van der Waals surface area (Å²) >= 11 is 0. The van der Waals surface area contributed by atoms with E-state index in [4.69, 9.17) is 0 Å². The molecule has 2 aromatic carbocycles. The maximum absolute atomic E-state index is 13.2. The Hall–Kier alpha value is -2.13. The fraction of sp³-hybridized carbons (Fsp3) is 0.350. The number of hydrogen-bond donors (Lipinski definition) is 1. The van der Waals surface area contributed by atoms with E-state index in [9.17, 15) is 4.79 Å². The van der Waals surface area contributed by atoms with Crippen molar-refractivity contribution in [3.63, 3.8) is 0 Å². The zero-order valence-corrected chi connectivity index (χ0v) is 13.5. The number of nitrogens with one attached hydrogen (secondary N) is 1. The molecule has 2 aliphatic heterocycles. The van der Waals surface area contributed by atoms with Crippen LogP contribution >= 0.6 is 0 Å². The van der Waals surface area contributed by atoms with Gasteiger partial charge in [0.05, 0.1) is 5.92 Å². The summed E-state index contributed by atoms with van der Waals surface area (Å²) in [7, 11) is 0. The lowest BCUT2D eigenvalue weighted by Crippen LogP contribution is -2.47. The molecule has 23 heavy (non-hydrogen) atoms. The van der Waals surface area contributed by atoms with Crippen LogP contribution in [0, 0.1) is 0 Å². The van der Waals surface area contributed by atoms with Crippen molar-refractivity contribution in [1.29, 1.82) is 0 Å². The maximum atomic E-state index is 13.2. The summed E-state index contributed by atoms with van der Waals surface area (Å²) in [5.41, 5.74) is 5.12. The van der Waals surface area contributed by atoms with Crippen molar-refractivity contribution >= 4 is 5.91 Å². The van der Waals surface area contributed by atoms with Crippen LogP contribution < -0.4 is 5.32 Å². The predicted molar refractivity (Wildman–Crippen MR) is 91.0 cm³/mol. The van der Waals surface area contributed by atoms with Crippen molar-refractivity contribution in [3.05, 3.63) is 70.8 Å². The summed E-state index contributed by atoms with van der Waals surface area (Å²) < 4.78 is 0. The zero-order chi connectivity index (χ0) is 15.8. The number of hydrogen-bond acceptors (Lipinski definition) is 2. The minimum atomic E-state index is -0.0785. The minimum Gasteiger partial charge on any atom is -0.337 e. The van der Waals surface area contributed by atoms with Crippen molar-refractivity contribution < 1.29 is 4.79 Å². The van der Waals surface area contributed by atoms with Crippen LogP contribution in [-0.2, 0) is 24.3 Å². The molecule has 0 aromatic heterocycles. The fourth-order valence-electron chi connectivity index (χ4n) is 3.88. The Balaban J connectivity index is 1.63. The third-order valence-electron chi connectivity index (χ3n) is 5.21. The normalized spacial score (nSPS) is 23.1. The van der Waals surface area contributed by atoms with E-state index in [2.05, 4.69) is 54.7 Å². The van der Waals surface area contributed by atoms with Gasteiger partial charge in [-0.1, -0.05) is 48.5 Å². The number of fused-ring (bicyclic) bond motifs is 2. The minimum absolute atomic E-state index is 0.0785. The SMILES string of the molecule is CC1NCc2ccccc2C1C(=O)N1CCc2ccccc2C1. The molecule has 2 atom stereocenters. The van der Waals surface area contributed by atoms with Crippen molar-refractivity contribution in [1.82, 2.24) is 10.2 Å². The van der Waals surface area contributed by atoms with Gasteiger partial charge in [0.25, 0.3) is 0 Å². The van der Waals surface area contributed by atoms with E-state index >= 15 is 0 Å². The first-order valence-corrected chi connectivity index (χ1v) is 8.41. The van der Waals surface area contributed by atoms with Gasteiger partial charge in [-0.3, -0.25) is 4.79 Å². The van der Waals surface area contributed by atoms with E-state index in [1.165, 1.54) is 22.3 Å². The lowest BCUT2D eigenvalue weighted by molar-refractivity contribution is -0.134. The first-order valence-electron chi connectivity index (χ1n) is 8.41. The van der Waals surface area contributed by atoms with Gasteiger partial charge in [-0.25, -0.2) is 0 Å². The van der Waals surface area contributed by atoms with E-state index < -0.39 is 0 Å². The molecule has 2 unspecified atom stereocenters.